The van der Waals surface area contributed by atoms with Crippen LogP contribution in [-0.4, -0.2) is 48.7 Å². The Hall–Kier alpha value is -3.70. The molecule has 2 heterocycles. The number of carbonyl (C=O) groups is 2. The van der Waals surface area contributed by atoms with Gasteiger partial charge in [-0.05, 0) is 30.3 Å². The molecule has 2 amide bonds. The summed E-state index contributed by atoms with van der Waals surface area (Å²) in [6.07, 6.45) is 3.13. The zero-order chi connectivity index (χ0) is 22.7. The number of likely N-dealkylation sites (N-methyl/N-ethyl adjacent to an activating group) is 1. The van der Waals surface area contributed by atoms with Gasteiger partial charge in [0.15, 0.2) is 5.13 Å². The molecule has 0 spiro atoms. The molecule has 9 nitrogen and oxygen atoms in total. The molecule has 164 valence electrons. The summed E-state index contributed by atoms with van der Waals surface area (Å²) in [6.45, 7) is -0.163. The second-order valence-corrected chi connectivity index (χ2v) is 9.50. The number of amides is 2. The van der Waals surface area contributed by atoms with Gasteiger partial charge in [-0.25, -0.2) is 13.4 Å². The zero-order valence-electron chi connectivity index (χ0n) is 16.9. The molecule has 0 fully saturated rings. The van der Waals surface area contributed by atoms with Gasteiger partial charge in [-0.3, -0.25) is 14.3 Å². The summed E-state index contributed by atoms with van der Waals surface area (Å²) in [5, 5.41) is 5.39. The van der Waals surface area contributed by atoms with Crippen LogP contribution in [0.2, 0.25) is 0 Å². The van der Waals surface area contributed by atoms with E-state index in [4.69, 9.17) is 0 Å². The van der Waals surface area contributed by atoms with Crippen molar-refractivity contribution in [3.8, 4) is 0 Å². The molecule has 11 heteroatoms. The molecule has 0 aliphatic heterocycles. The van der Waals surface area contributed by atoms with Crippen molar-refractivity contribution in [3.63, 3.8) is 0 Å². The van der Waals surface area contributed by atoms with Gasteiger partial charge in [-0.1, -0.05) is 18.2 Å². The Kier molecular flexibility index (Phi) is 5.93. The maximum absolute atomic E-state index is 12.7. The maximum Gasteiger partial charge on any atom is 0.263 e. The Bertz CT molecular complexity index is 1360. The molecule has 0 unspecified atom stereocenters. The van der Waals surface area contributed by atoms with Crippen LogP contribution in [0.1, 0.15) is 10.4 Å². The largest absolute Gasteiger partial charge is 0.360 e. The number of thiazole rings is 1. The van der Waals surface area contributed by atoms with Gasteiger partial charge in [0, 0.05) is 41.4 Å². The van der Waals surface area contributed by atoms with Crippen molar-refractivity contribution in [2.45, 2.75) is 4.90 Å². The molecule has 0 saturated carbocycles. The number of para-hydroxylation sites is 1. The van der Waals surface area contributed by atoms with Gasteiger partial charge in [0.2, 0.25) is 5.91 Å². The number of nitrogens with zero attached hydrogens (tertiary/aromatic N) is 2. The monoisotopic (exact) mass is 469 g/mol. The minimum atomic E-state index is -3.77. The molecule has 0 aliphatic carbocycles. The van der Waals surface area contributed by atoms with Crippen LogP contribution in [-0.2, 0) is 14.8 Å². The van der Waals surface area contributed by atoms with Gasteiger partial charge < -0.3 is 15.2 Å². The first-order chi connectivity index (χ1) is 15.3. The van der Waals surface area contributed by atoms with Crippen LogP contribution in [0.15, 0.2) is 71.2 Å². The predicted octanol–water partition coefficient (Wildman–Crippen LogP) is 3.14. The number of aromatic amines is 1. The van der Waals surface area contributed by atoms with E-state index in [1.54, 1.807) is 18.6 Å². The van der Waals surface area contributed by atoms with Crippen molar-refractivity contribution in [2.75, 3.05) is 23.6 Å². The molecule has 4 aromatic rings. The normalized spacial score (nSPS) is 11.3. The van der Waals surface area contributed by atoms with Crippen LogP contribution < -0.4 is 10.0 Å². The van der Waals surface area contributed by atoms with E-state index in [-0.39, 0.29) is 22.5 Å². The Labute approximate surface area is 188 Å². The van der Waals surface area contributed by atoms with Crippen molar-refractivity contribution in [1.82, 2.24) is 14.9 Å². The maximum atomic E-state index is 12.7. The van der Waals surface area contributed by atoms with Gasteiger partial charge in [-0.15, -0.1) is 11.3 Å². The van der Waals surface area contributed by atoms with Gasteiger partial charge >= 0.3 is 0 Å². The van der Waals surface area contributed by atoms with Crippen LogP contribution in [0.5, 0.6) is 0 Å². The van der Waals surface area contributed by atoms with Gasteiger partial charge in [0.25, 0.3) is 15.9 Å². The van der Waals surface area contributed by atoms with E-state index >= 15 is 0 Å². The van der Waals surface area contributed by atoms with Crippen LogP contribution >= 0.6 is 11.3 Å². The standard InChI is InChI=1S/C21H19N5O4S2/c1-26(20(28)17-12-23-18-5-3-2-4-16(17)18)13-19(27)24-14-6-8-15(9-7-14)32(29,30)25-21-22-10-11-31-21/h2-12,23H,13H2,1H3,(H,22,25)(H,24,27). The van der Waals surface area contributed by atoms with Crippen molar-refractivity contribution < 1.29 is 18.0 Å². The number of H-pyrrole nitrogens is 1. The molecule has 0 aliphatic rings. The minimum Gasteiger partial charge on any atom is -0.360 e. The lowest BCUT2D eigenvalue weighted by molar-refractivity contribution is -0.116. The number of carbonyl (C=O) groups excluding carboxylic acids is 2. The highest BCUT2D eigenvalue weighted by molar-refractivity contribution is 7.93. The number of hydrogen-bond donors (Lipinski definition) is 3. The van der Waals surface area contributed by atoms with Crippen molar-refractivity contribution in [1.29, 1.82) is 0 Å². The third-order valence-corrected chi connectivity index (χ3v) is 6.82. The second kappa shape index (κ2) is 8.81. The molecular weight excluding hydrogens is 450 g/mol. The van der Waals surface area contributed by atoms with E-state index in [0.717, 1.165) is 10.9 Å². The lowest BCUT2D eigenvalue weighted by Gasteiger charge is -2.16. The fourth-order valence-electron chi connectivity index (χ4n) is 3.11. The van der Waals surface area contributed by atoms with Crippen molar-refractivity contribution in [3.05, 3.63) is 71.9 Å². The molecular formula is C21H19N5O4S2. The fourth-order valence-corrected chi connectivity index (χ4v) is 4.90. The number of sulfonamides is 1. The Morgan fingerprint density at radius 3 is 2.59 bits per heavy atom. The molecule has 32 heavy (non-hydrogen) atoms. The van der Waals surface area contributed by atoms with Gasteiger partial charge in [0.1, 0.15) is 0 Å². The first-order valence-electron chi connectivity index (χ1n) is 9.47. The highest BCUT2D eigenvalue weighted by atomic mass is 32.2. The number of hydrogen-bond acceptors (Lipinski definition) is 6. The average molecular weight is 470 g/mol. The van der Waals surface area contributed by atoms with E-state index in [9.17, 15) is 18.0 Å². The first-order valence-corrected chi connectivity index (χ1v) is 11.8. The number of fused-ring (bicyclic) bond motifs is 1. The van der Waals surface area contributed by atoms with Crippen LogP contribution in [0.3, 0.4) is 0 Å². The number of rotatable bonds is 7. The van der Waals surface area contributed by atoms with E-state index in [0.29, 0.717) is 11.3 Å². The quantitative estimate of drug-likeness (QED) is 0.384. The van der Waals surface area contributed by atoms with Gasteiger partial charge in [0.05, 0.1) is 17.0 Å². The summed E-state index contributed by atoms with van der Waals surface area (Å²) >= 11 is 1.17. The molecule has 0 bridgehead atoms. The molecule has 4 rings (SSSR count). The molecule has 0 atom stereocenters. The molecule has 2 aromatic carbocycles. The SMILES string of the molecule is CN(CC(=O)Nc1ccc(S(=O)(=O)Nc2nccs2)cc1)C(=O)c1c[nH]c2ccccc12. The predicted molar refractivity (Wildman–Crippen MR) is 123 cm³/mol. The third-order valence-electron chi connectivity index (χ3n) is 4.65. The lowest BCUT2D eigenvalue weighted by Crippen LogP contribution is -2.34. The van der Waals surface area contributed by atoms with Gasteiger partial charge in [-0.2, -0.15) is 0 Å². The number of aromatic nitrogens is 2. The summed E-state index contributed by atoms with van der Waals surface area (Å²) in [7, 11) is -2.23. The minimum absolute atomic E-state index is 0.0392. The molecule has 3 N–H and O–H groups in total. The summed E-state index contributed by atoms with van der Waals surface area (Å²) in [5.74, 6) is -0.690. The Morgan fingerprint density at radius 1 is 1.12 bits per heavy atom. The lowest BCUT2D eigenvalue weighted by atomic mass is 10.1. The highest BCUT2D eigenvalue weighted by Crippen LogP contribution is 2.20. The average Bonchev–Trinajstić information content (AvgIpc) is 3.43. The Morgan fingerprint density at radius 2 is 1.88 bits per heavy atom. The fraction of sp³-hybridized carbons (Fsp3) is 0.0952. The number of benzene rings is 2. The highest BCUT2D eigenvalue weighted by Gasteiger charge is 2.19. The third kappa shape index (κ3) is 4.63. The Balaban J connectivity index is 1.38. The summed E-state index contributed by atoms with van der Waals surface area (Å²) < 4.78 is 27.1. The van der Waals surface area contributed by atoms with E-state index in [2.05, 4.69) is 20.0 Å². The van der Waals surface area contributed by atoms with E-state index in [1.165, 1.54) is 46.7 Å². The van der Waals surface area contributed by atoms with Crippen LogP contribution in [0.25, 0.3) is 10.9 Å². The van der Waals surface area contributed by atoms with E-state index in [1.807, 2.05) is 24.3 Å². The summed E-state index contributed by atoms with van der Waals surface area (Å²) in [5.41, 5.74) is 1.74. The molecule has 0 saturated heterocycles. The topological polar surface area (TPSA) is 124 Å². The van der Waals surface area contributed by atoms with E-state index < -0.39 is 15.9 Å². The molecule has 0 radical (unpaired) electrons. The smallest absolute Gasteiger partial charge is 0.263 e. The van der Waals surface area contributed by atoms with Crippen molar-refractivity contribution >= 4 is 54.9 Å². The summed E-state index contributed by atoms with van der Waals surface area (Å²) in [6, 6.07) is 13.2. The first kappa shape index (κ1) is 21.5. The van der Waals surface area contributed by atoms with Crippen LogP contribution in [0.4, 0.5) is 10.8 Å². The number of anilines is 2. The van der Waals surface area contributed by atoms with Crippen LogP contribution in [0, 0.1) is 0 Å². The second-order valence-electron chi connectivity index (χ2n) is 6.92. The summed E-state index contributed by atoms with van der Waals surface area (Å²) in [4.78, 5) is 33.4. The van der Waals surface area contributed by atoms with Crippen molar-refractivity contribution in [2.24, 2.45) is 0 Å². The number of nitrogens with one attached hydrogen (secondary N) is 3. The zero-order valence-corrected chi connectivity index (χ0v) is 18.5. The molecule has 2 aromatic heterocycles.